The first-order valence-electron chi connectivity index (χ1n) is 5.87. The topological polar surface area (TPSA) is 119 Å². The summed E-state index contributed by atoms with van der Waals surface area (Å²) in [5.41, 5.74) is 0.801. The van der Waals surface area contributed by atoms with Gasteiger partial charge in [0.15, 0.2) is 16.3 Å². The summed E-state index contributed by atoms with van der Waals surface area (Å²) in [7, 11) is 2.96. The first-order valence-corrected chi connectivity index (χ1v) is 6.85. The molecule has 0 fully saturated rings. The maximum atomic E-state index is 11.6. The Balaban J connectivity index is 2.50. The highest BCUT2D eigenvalue weighted by atomic mass is 32.2. The number of amides is 1. The minimum absolute atomic E-state index is 0.0187. The van der Waals surface area contributed by atoms with Crippen molar-refractivity contribution in [2.45, 2.75) is 11.7 Å². The number of carbonyl (C=O) groups is 2. The molecule has 2 rings (SSSR count). The number of thioether (sulfide) groups is 1. The van der Waals surface area contributed by atoms with E-state index in [-0.39, 0.29) is 24.1 Å². The van der Waals surface area contributed by atoms with Gasteiger partial charge >= 0.3 is 5.97 Å². The van der Waals surface area contributed by atoms with E-state index in [0.717, 1.165) is 11.8 Å². The number of nitrogens with one attached hydrogen (secondary N) is 1. The van der Waals surface area contributed by atoms with E-state index in [4.69, 9.17) is 9.84 Å². The molecule has 2 aromatic rings. The Morgan fingerprint density at radius 1 is 1.48 bits per heavy atom. The van der Waals surface area contributed by atoms with E-state index < -0.39 is 5.97 Å². The van der Waals surface area contributed by atoms with E-state index in [1.165, 1.54) is 25.1 Å². The standard InChI is InChI=1S/C11H13N5O4S/c1-12-6(17)3-16-9-8(10(20-2)14-5-13-9)15-11(16)21-4-7(18)19/h5H,3-4H2,1-2H3,(H,12,17)(H,18,19). The molecule has 9 nitrogen and oxygen atoms in total. The Kier molecular flexibility index (Phi) is 4.58. The molecule has 0 bridgehead atoms. The largest absolute Gasteiger partial charge is 0.481 e. The zero-order valence-corrected chi connectivity index (χ0v) is 12.2. The number of rotatable bonds is 6. The van der Waals surface area contributed by atoms with Crippen LogP contribution in [0.4, 0.5) is 0 Å². The Hall–Kier alpha value is -2.36. The maximum Gasteiger partial charge on any atom is 0.313 e. The minimum Gasteiger partial charge on any atom is -0.481 e. The number of methoxy groups -OCH3 is 1. The molecule has 2 N–H and O–H groups in total. The predicted octanol–water partition coefficient (Wildman–Crippen LogP) is -0.242. The van der Waals surface area contributed by atoms with Gasteiger partial charge in [0, 0.05) is 7.05 Å². The summed E-state index contributed by atoms with van der Waals surface area (Å²) in [6, 6.07) is 0. The van der Waals surface area contributed by atoms with Gasteiger partial charge in [-0.2, -0.15) is 4.98 Å². The third-order valence-corrected chi connectivity index (χ3v) is 3.52. The Labute approximate surface area is 123 Å². The highest BCUT2D eigenvalue weighted by molar-refractivity contribution is 7.99. The van der Waals surface area contributed by atoms with Gasteiger partial charge in [-0.1, -0.05) is 11.8 Å². The number of carboxylic acids is 1. The molecule has 2 aromatic heterocycles. The highest BCUT2D eigenvalue weighted by Gasteiger charge is 2.19. The summed E-state index contributed by atoms with van der Waals surface area (Å²) < 4.78 is 6.63. The van der Waals surface area contributed by atoms with E-state index in [9.17, 15) is 9.59 Å². The molecule has 1 amide bonds. The van der Waals surface area contributed by atoms with Crippen molar-refractivity contribution in [1.29, 1.82) is 0 Å². The minimum atomic E-state index is -0.975. The molecular weight excluding hydrogens is 298 g/mol. The average Bonchev–Trinajstić information content (AvgIpc) is 2.82. The van der Waals surface area contributed by atoms with Crippen LogP contribution < -0.4 is 10.1 Å². The molecule has 21 heavy (non-hydrogen) atoms. The lowest BCUT2D eigenvalue weighted by Crippen LogP contribution is -2.24. The molecule has 0 radical (unpaired) electrons. The maximum absolute atomic E-state index is 11.6. The number of aliphatic carboxylic acids is 1. The van der Waals surface area contributed by atoms with Crippen molar-refractivity contribution in [2.75, 3.05) is 19.9 Å². The van der Waals surface area contributed by atoms with E-state index in [1.807, 2.05) is 0 Å². The van der Waals surface area contributed by atoms with Gasteiger partial charge in [0.25, 0.3) is 0 Å². The van der Waals surface area contributed by atoms with Gasteiger partial charge in [0.2, 0.25) is 11.8 Å². The molecule has 0 spiro atoms. The van der Waals surface area contributed by atoms with Crippen molar-refractivity contribution in [1.82, 2.24) is 24.8 Å². The van der Waals surface area contributed by atoms with Gasteiger partial charge in [-0.3, -0.25) is 14.2 Å². The van der Waals surface area contributed by atoms with Gasteiger partial charge in [-0.25, -0.2) is 9.97 Å². The molecule has 112 valence electrons. The van der Waals surface area contributed by atoms with Crippen LogP contribution in [0.15, 0.2) is 11.5 Å². The molecule has 0 aliphatic carbocycles. The second-order valence-corrected chi connectivity index (χ2v) is 4.83. The first-order chi connectivity index (χ1) is 10.1. The number of nitrogens with zero attached hydrogens (tertiary/aromatic N) is 4. The van der Waals surface area contributed by atoms with E-state index in [2.05, 4.69) is 20.3 Å². The fraction of sp³-hybridized carbons (Fsp3) is 0.364. The molecule has 0 aliphatic heterocycles. The van der Waals surface area contributed by atoms with Gasteiger partial charge in [-0.15, -0.1) is 0 Å². The normalized spacial score (nSPS) is 10.6. The molecule has 2 heterocycles. The predicted molar refractivity (Wildman–Crippen MR) is 74.3 cm³/mol. The number of ether oxygens (including phenoxy) is 1. The second kappa shape index (κ2) is 6.39. The Morgan fingerprint density at radius 2 is 2.24 bits per heavy atom. The van der Waals surface area contributed by atoms with E-state index in [0.29, 0.717) is 16.3 Å². The monoisotopic (exact) mass is 311 g/mol. The van der Waals surface area contributed by atoms with Crippen LogP contribution in [-0.4, -0.2) is 56.4 Å². The molecule has 0 saturated carbocycles. The average molecular weight is 311 g/mol. The molecule has 0 saturated heterocycles. The summed E-state index contributed by atoms with van der Waals surface area (Å²) >= 11 is 1.00. The molecular formula is C11H13N5O4S. The fourth-order valence-corrected chi connectivity index (χ4v) is 2.36. The van der Waals surface area contributed by atoms with Gasteiger partial charge in [-0.05, 0) is 0 Å². The molecule has 0 aliphatic rings. The number of carbonyl (C=O) groups excluding carboxylic acids is 1. The lowest BCUT2D eigenvalue weighted by atomic mass is 10.5. The van der Waals surface area contributed by atoms with Crippen LogP contribution in [-0.2, 0) is 16.1 Å². The quantitative estimate of drug-likeness (QED) is 0.701. The summed E-state index contributed by atoms with van der Waals surface area (Å²) in [4.78, 5) is 34.6. The van der Waals surface area contributed by atoms with E-state index >= 15 is 0 Å². The third-order valence-electron chi connectivity index (χ3n) is 2.56. The number of hydrogen-bond donors (Lipinski definition) is 2. The van der Waals surface area contributed by atoms with Gasteiger partial charge in [0.05, 0.1) is 12.9 Å². The number of fused-ring (bicyclic) bond motifs is 1. The summed E-state index contributed by atoms with van der Waals surface area (Å²) in [6.07, 6.45) is 1.30. The van der Waals surface area contributed by atoms with Crippen molar-refractivity contribution in [3.8, 4) is 5.88 Å². The van der Waals surface area contributed by atoms with Gasteiger partial charge in [0.1, 0.15) is 12.9 Å². The zero-order chi connectivity index (χ0) is 15.4. The number of hydrogen-bond acceptors (Lipinski definition) is 7. The Morgan fingerprint density at radius 3 is 2.86 bits per heavy atom. The molecule has 0 unspecified atom stereocenters. The number of likely N-dealkylation sites (N-methyl/N-ethyl adjacent to an activating group) is 1. The SMILES string of the molecule is CNC(=O)Cn1c(SCC(=O)O)nc2c(OC)ncnc21. The van der Waals surface area contributed by atoms with Crippen molar-refractivity contribution < 1.29 is 19.4 Å². The van der Waals surface area contributed by atoms with Crippen LogP contribution in [0.1, 0.15) is 0 Å². The van der Waals surface area contributed by atoms with Crippen molar-refractivity contribution >= 4 is 34.8 Å². The molecule has 0 aromatic carbocycles. The molecule has 0 atom stereocenters. The van der Waals surface area contributed by atoms with Crippen molar-refractivity contribution in [3.05, 3.63) is 6.33 Å². The smallest absolute Gasteiger partial charge is 0.313 e. The van der Waals surface area contributed by atoms with Crippen LogP contribution in [0.3, 0.4) is 0 Å². The highest BCUT2D eigenvalue weighted by Crippen LogP contribution is 2.26. The number of imidazole rings is 1. The second-order valence-electron chi connectivity index (χ2n) is 3.89. The summed E-state index contributed by atoms with van der Waals surface area (Å²) in [5, 5.41) is 11.7. The first kappa shape index (κ1) is 15.0. The van der Waals surface area contributed by atoms with E-state index in [1.54, 1.807) is 0 Å². The Bertz CT molecular complexity index is 687. The zero-order valence-electron chi connectivity index (χ0n) is 11.4. The van der Waals surface area contributed by atoms with Crippen LogP contribution in [0.25, 0.3) is 11.2 Å². The van der Waals surface area contributed by atoms with Crippen LogP contribution in [0.5, 0.6) is 5.88 Å². The van der Waals surface area contributed by atoms with Crippen LogP contribution >= 0.6 is 11.8 Å². The van der Waals surface area contributed by atoms with Crippen LogP contribution in [0, 0.1) is 0 Å². The number of aromatic nitrogens is 4. The number of carboxylic acid groups (broad SMARTS) is 1. The fourth-order valence-electron chi connectivity index (χ4n) is 1.65. The van der Waals surface area contributed by atoms with Crippen molar-refractivity contribution in [2.24, 2.45) is 0 Å². The summed E-state index contributed by atoms with van der Waals surface area (Å²) in [5.74, 6) is -1.12. The van der Waals surface area contributed by atoms with Crippen LogP contribution in [0.2, 0.25) is 0 Å². The van der Waals surface area contributed by atoms with Gasteiger partial charge < -0.3 is 15.2 Å². The summed E-state index contributed by atoms with van der Waals surface area (Å²) in [6.45, 7) is -0.0187. The lowest BCUT2D eigenvalue weighted by molar-refractivity contribution is -0.133. The lowest BCUT2D eigenvalue weighted by Gasteiger charge is -2.06. The third kappa shape index (κ3) is 3.21. The van der Waals surface area contributed by atoms with Crippen molar-refractivity contribution in [3.63, 3.8) is 0 Å². The molecule has 10 heteroatoms.